The Morgan fingerprint density at radius 2 is 2.04 bits per heavy atom. The topological polar surface area (TPSA) is 94.0 Å². The van der Waals surface area contributed by atoms with Crippen LogP contribution < -0.4 is 11.1 Å². The zero-order chi connectivity index (χ0) is 16.4. The highest BCUT2D eigenvalue weighted by atomic mass is 16.5. The number of nitrogens with two attached hydrogens (primary N) is 1. The normalized spacial score (nSPS) is 15.6. The fraction of sp³-hybridized carbons (Fsp3) is 0.471. The molecular weight excluding hydrogens is 292 g/mol. The van der Waals surface area contributed by atoms with E-state index in [-0.39, 0.29) is 17.9 Å². The molecule has 3 N–H and O–H groups in total. The van der Waals surface area contributed by atoms with Crippen molar-refractivity contribution in [1.82, 2.24) is 15.5 Å². The van der Waals surface area contributed by atoms with E-state index in [0.717, 1.165) is 24.2 Å². The van der Waals surface area contributed by atoms with Gasteiger partial charge >= 0.3 is 0 Å². The van der Waals surface area contributed by atoms with Crippen molar-refractivity contribution in [3.8, 4) is 0 Å². The number of hydrogen-bond acceptors (Lipinski definition) is 5. The molecule has 23 heavy (non-hydrogen) atoms. The van der Waals surface area contributed by atoms with Crippen LogP contribution in [0, 0.1) is 5.92 Å². The minimum absolute atomic E-state index is 0.0698. The molecule has 0 spiro atoms. The van der Waals surface area contributed by atoms with Crippen molar-refractivity contribution in [2.45, 2.75) is 45.1 Å². The lowest BCUT2D eigenvalue weighted by Crippen LogP contribution is -2.33. The van der Waals surface area contributed by atoms with Gasteiger partial charge in [-0.1, -0.05) is 31.1 Å². The number of carbonyl (C=O) groups is 1. The molecule has 0 bridgehead atoms. The van der Waals surface area contributed by atoms with E-state index in [2.05, 4.69) is 15.5 Å². The third kappa shape index (κ3) is 3.88. The molecule has 0 saturated heterocycles. The van der Waals surface area contributed by atoms with Gasteiger partial charge in [-0.25, -0.2) is 0 Å². The Kier molecular flexibility index (Phi) is 4.32. The summed E-state index contributed by atoms with van der Waals surface area (Å²) in [6.45, 7) is 4.05. The highest BCUT2D eigenvalue weighted by molar-refractivity contribution is 5.79. The van der Waals surface area contributed by atoms with Crippen LogP contribution in [-0.2, 0) is 11.2 Å². The van der Waals surface area contributed by atoms with Gasteiger partial charge in [0.25, 0.3) is 0 Å². The summed E-state index contributed by atoms with van der Waals surface area (Å²) in [4.78, 5) is 16.8. The summed E-state index contributed by atoms with van der Waals surface area (Å²) in [6.07, 6.45) is 2.54. The monoisotopic (exact) mass is 314 g/mol. The molecule has 1 aliphatic rings. The number of rotatable bonds is 6. The Balaban J connectivity index is 1.66. The molecule has 0 aliphatic heterocycles. The lowest BCUT2D eigenvalue weighted by atomic mass is 10.0. The second-order valence-corrected chi connectivity index (χ2v) is 6.47. The summed E-state index contributed by atoms with van der Waals surface area (Å²) in [6, 6.07) is 7.04. The molecule has 122 valence electrons. The van der Waals surface area contributed by atoms with Crippen LogP contribution >= 0.6 is 0 Å². The zero-order valence-corrected chi connectivity index (χ0v) is 13.5. The number of benzene rings is 1. The van der Waals surface area contributed by atoms with Crippen molar-refractivity contribution in [1.29, 1.82) is 0 Å². The molecule has 1 amide bonds. The number of nitrogens with zero attached hydrogens (tertiary/aromatic N) is 2. The molecule has 1 aromatic carbocycles. The summed E-state index contributed by atoms with van der Waals surface area (Å²) < 4.78 is 5.36. The highest BCUT2D eigenvalue weighted by Crippen LogP contribution is 2.38. The maximum Gasteiger partial charge on any atom is 0.249 e. The fourth-order valence-electron chi connectivity index (χ4n) is 2.44. The van der Waals surface area contributed by atoms with Gasteiger partial charge in [-0.05, 0) is 36.5 Å². The molecule has 6 heteroatoms. The van der Waals surface area contributed by atoms with Crippen molar-refractivity contribution in [2.75, 3.05) is 5.73 Å². The fourth-order valence-corrected chi connectivity index (χ4v) is 2.44. The number of anilines is 1. The number of hydrogen-bond donors (Lipinski definition) is 2. The quantitative estimate of drug-likeness (QED) is 0.799. The summed E-state index contributed by atoms with van der Waals surface area (Å²) in [7, 11) is 0. The van der Waals surface area contributed by atoms with Gasteiger partial charge in [0.1, 0.15) is 6.04 Å². The average molecular weight is 314 g/mol. The van der Waals surface area contributed by atoms with Crippen LogP contribution in [0.15, 0.2) is 28.8 Å². The Labute approximate surface area is 135 Å². The first kappa shape index (κ1) is 15.5. The van der Waals surface area contributed by atoms with Gasteiger partial charge in [-0.15, -0.1) is 0 Å². The molecule has 1 aromatic heterocycles. The van der Waals surface area contributed by atoms with E-state index in [0.29, 0.717) is 23.9 Å². The molecule has 1 fully saturated rings. The second-order valence-electron chi connectivity index (χ2n) is 6.47. The van der Waals surface area contributed by atoms with Gasteiger partial charge in [0.2, 0.25) is 11.8 Å². The van der Waals surface area contributed by atoms with E-state index in [1.807, 2.05) is 26.0 Å². The predicted molar refractivity (Wildman–Crippen MR) is 86.6 cm³/mol. The molecule has 1 saturated carbocycles. The molecule has 3 rings (SSSR count). The predicted octanol–water partition coefficient (Wildman–Crippen LogP) is 2.59. The van der Waals surface area contributed by atoms with Crippen LogP contribution in [-0.4, -0.2) is 16.0 Å². The molecule has 2 aromatic rings. The zero-order valence-electron chi connectivity index (χ0n) is 13.5. The minimum atomic E-state index is -0.267. The Morgan fingerprint density at radius 3 is 2.65 bits per heavy atom. The summed E-state index contributed by atoms with van der Waals surface area (Å²) in [5.74, 6) is 1.79. The van der Waals surface area contributed by atoms with Gasteiger partial charge in [-0.2, -0.15) is 4.98 Å². The second kappa shape index (κ2) is 6.40. The molecule has 1 unspecified atom stereocenters. The Bertz CT molecular complexity index is 674. The lowest BCUT2D eigenvalue weighted by Gasteiger charge is -2.18. The Morgan fingerprint density at radius 1 is 1.35 bits per heavy atom. The van der Waals surface area contributed by atoms with Crippen LogP contribution in [0.2, 0.25) is 0 Å². The standard InChI is InChI=1S/C17H22N4O2/c1-10(2)15(17-20-16(21-23-17)12-5-6-12)19-14(22)9-11-3-7-13(18)8-4-11/h3-4,7-8,10,12,15H,5-6,9,18H2,1-2H3,(H,19,22). The molecule has 1 aliphatic carbocycles. The van der Waals surface area contributed by atoms with Crippen LogP contribution in [0.25, 0.3) is 0 Å². The molecule has 1 heterocycles. The maximum atomic E-state index is 12.3. The van der Waals surface area contributed by atoms with Crippen LogP contribution in [0.4, 0.5) is 5.69 Å². The van der Waals surface area contributed by atoms with E-state index in [1.165, 1.54) is 0 Å². The van der Waals surface area contributed by atoms with Crippen LogP contribution in [0.1, 0.15) is 55.9 Å². The van der Waals surface area contributed by atoms with E-state index < -0.39 is 0 Å². The van der Waals surface area contributed by atoms with Gasteiger partial charge in [0.15, 0.2) is 5.82 Å². The largest absolute Gasteiger partial charge is 0.399 e. The molecule has 1 atom stereocenters. The Hall–Kier alpha value is -2.37. The smallest absolute Gasteiger partial charge is 0.249 e. The molecular formula is C17H22N4O2. The first-order chi connectivity index (χ1) is 11.0. The number of carbonyl (C=O) groups excluding carboxylic acids is 1. The molecule has 6 nitrogen and oxygen atoms in total. The third-order valence-electron chi connectivity index (χ3n) is 3.99. The van der Waals surface area contributed by atoms with Gasteiger partial charge in [-0.3, -0.25) is 4.79 Å². The number of aromatic nitrogens is 2. The number of nitrogens with one attached hydrogen (secondary N) is 1. The van der Waals surface area contributed by atoms with Crippen LogP contribution in [0.5, 0.6) is 0 Å². The first-order valence-electron chi connectivity index (χ1n) is 8.00. The number of nitrogen functional groups attached to an aromatic ring is 1. The van der Waals surface area contributed by atoms with Gasteiger partial charge < -0.3 is 15.6 Å². The van der Waals surface area contributed by atoms with E-state index >= 15 is 0 Å². The SMILES string of the molecule is CC(C)C(NC(=O)Cc1ccc(N)cc1)c1nc(C2CC2)no1. The maximum absolute atomic E-state index is 12.3. The summed E-state index contributed by atoms with van der Waals surface area (Å²) >= 11 is 0. The lowest BCUT2D eigenvalue weighted by molar-refractivity contribution is -0.121. The van der Waals surface area contributed by atoms with Gasteiger partial charge in [0, 0.05) is 11.6 Å². The minimum Gasteiger partial charge on any atom is -0.399 e. The van der Waals surface area contributed by atoms with Crippen molar-refractivity contribution in [3.05, 3.63) is 41.5 Å². The average Bonchev–Trinajstić information content (AvgIpc) is 3.25. The first-order valence-corrected chi connectivity index (χ1v) is 8.00. The third-order valence-corrected chi connectivity index (χ3v) is 3.99. The van der Waals surface area contributed by atoms with E-state index in [4.69, 9.17) is 10.3 Å². The van der Waals surface area contributed by atoms with Crippen LogP contribution in [0.3, 0.4) is 0 Å². The van der Waals surface area contributed by atoms with Gasteiger partial charge in [0.05, 0.1) is 6.42 Å². The summed E-state index contributed by atoms with van der Waals surface area (Å²) in [5, 5.41) is 7.03. The van der Waals surface area contributed by atoms with E-state index in [1.54, 1.807) is 12.1 Å². The van der Waals surface area contributed by atoms with Crippen molar-refractivity contribution in [2.24, 2.45) is 5.92 Å². The van der Waals surface area contributed by atoms with E-state index in [9.17, 15) is 4.79 Å². The summed E-state index contributed by atoms with van der Waals surface area (Å²) in [5.41, 5.74) is 7.27. The van der Waals surface area contributed by atoms with Crippen molar-refractivity contribution in [3.63, 3.8) is 0 Å². The number of amides is 1. The molecule has 0 radical (unpaired) electrons. The highest BCUT2D eigenvalue weighted by Gasteiger charge is 2.31. The van der Waals surface area contributed by atoms with Crippen molar-refractivity contribution < 1.29 is 9.32 Å². The van der Waals surface area contributed by atoms with Crippen molar-refractivity contribution >= 4 is 11.6 Å².